The van der Waals surface area contributed by atoms with E-state index in [-0.39, 0.29) is 45.8 Å². The number of carbonyl (C=O) groups is 1. The van der Waals surface area contributed by atoms with Gasteiger partial charge in [-0.25, -0.2) is 13.2 Å². The number of benzene rings is 2. The number of halogens is 4. The minimum Gasteiger partial charge on any atom is -0.491 e. The minimum absolute atomic E-state index is 0.00375. The number of aromatic nitrogens is 1. The van der Waals surface area contributed by atoms with Gasteiger partial charge in [0.25, 0.3) is 0 Å². The summed E-state index contributed by atoms with van der Waals surface area (Å²) < 4.78 is 77.3. The molecule has 1 saturated heterocycles. The van der Waals surface area contributed by atoms with E-state index in [0.717, 1.165) is 64.3 Å². The van der Waals surface area contributed by atoms with Crippen molar-refractivity contribution in [2.45, 2.75) is 64.1 Å². The van der Waals surface area contributed by atoms with Crippen molar-refractivity contribution < 1.29 is 40.9 Å². The van der Waals surface area contributed by atoms with E-state index < -0.39 is 28.7 Å². The summed E-state index contributed by atoms with van der Waals surface area (Å²) in [6.07, 6.45) is 10.3. The third kappa shape index (κ3) is 10.6. The van der Waals surface area contributed by atoms with Crippen LogP contribution in [0.4, 0.5) is 14.5 Å². The minimum atomic E-state index is -3.79. The van der Waals surface area contributed by atoms with Crippen LogP contribution in [0, 0.1) is 11.8 Å². The molecule has 2 saturated carbocycles. The molecule has 52 heavy (non-hydrogen) atoms. The molecule has 1 aromatic heterocycles. The van der Waals surface area contributed by atoms with Crippen LogP contribution in [0.25, 0.3) is 0 Å². The largest absolute Gasteiger partial charge is 0.491 e. The van der Waals surface area contributed by atoms with Gasteiger partial charge in [-0.3, -0.25) is 9.29 Å². The zero-order valence-electron chi connectivity index (χ0n) is 28.9. The standard InChI is InChI=1S/C37H43Cl2F2N3O7S/c1-52(46,47)44(16-15-43-13-3-2-4-14-43)31-17-27(10-11-32(31)48-22-24-5-6-24)36(45)50-34(19-28-29(38)20-42-21-30(28)39)26-9-12-33(51-37(40)41)35(18-26)49-23-25-7-8-25/h9-12,17-18,20-21,24-25,34,37H,2-8,13-16,19,22-23H2,1H3/t34-/m0/s1. The van der Waals surface area contributed by atoms with Crippen LogP contribution in [0.1, 0.15) is 72.5 Å². The number of likely N-dealkylation sites (tertiary alicyclic amines) is 1. The number of nitrogens with zero attached hydrogens (tertiary/aromatic N) is 3. The van der Waals surface area contributed by atoms with Crippen LogP contribution >= 0.6 is 23.2 Å². The van der Waals surface area contributed by atoms with Crippen molar-refractivity contribution in [3.05, 3.63) is 75.5 Å². The lowest BCUT2D eigenvalue weighted by Gasteiger charge is -2.31. The van der Waals surface area contributed by atoms with Crippen LogP contribution in [0.15, 0.2) is 48.8 Å². The molecular formula is C37H43Cl2F2N3O7S. The van der Waals surface area contributed by atoms with Crippen LogP contribution in [-0.2, 0) is 21.2 Å². The van der Waals surface area contributed by atoms with Gasteiger partial charge in [0.1, 0.15) is 11.9 Å². The summed E-state index contributed by atoms with van der Waals surface area (Å²) in [5.74, 6) is 0.241. The van der Waals surface area contributed by atoms with Crippen LogP contribution in [0.2, 0.25) is 10.0 Å². The summed E-state index contributed by atoms with van der Waals surface area (Å²) in [4.78, 5) is 20.3. The summed E-state index contributed by atoms with van der Waals surface area (Å²) in [6, 6.07) is 8.97. The molecule has 1 aliphatic heterocycles. The second-order valence-electron chi connectivity index (χ2n) is 13.7. The normalized spacial score (nSPS) is 17.1. The number of hydrogen-bond donors (Lipinski definition) is 0. The second-order valence-corrected chi connectivity index (χ2v) is 16.4. The molecule has 0 spiro atoms. The fourth-order valence-corrected chi connectivity index (χ4v) is 7.53. The molecule has 2 aliphatic carbocycles. The molecule has 0 N–H and O–H groups in total. The molecule has 282 valence electrons. The van der Waals surface area contributed by atoms with E-state index in [2.05, 4.69) is 9.88 Å². The molecule has 0 unspecified atom stereocenters. The number of carbonyl (C=O) groups excluding carboxylic acids is 1. The lowest BCUT2D eigenvalue weighted by molar-refractivity contribution is -0.0515. The number of anilines is 1. The summed E-state index contributed by atoms with van der Waals surface area (Å²) in [5.41, 5.74) is 1.19. The number of piperidine rings is 1. The number of rotatable bonds is 18. The van der Waals surface area contributed by atoms with Gasteiger partial charge in [-0.1, -0.05) is 35.7 Å². The fourth-order valence-electron chi connectivity index (χ4n) is 6.10. The Morgan fingerprint density at radius 2 is 1.56 bits per heavy atom. The fraction of sp³-hybridized carbons (Fsp3) is 0.514. The number of ether oxygens (including phenoxy) is 4. The van der Waals surface area contributed by atoms with E-state index in [1.165, 1.54) is 47.0 Å². The predicted molar refractivity (Wildman–Crippen MR) is 195 cm³/mol. The zero-order chi connectivity index (χ0) is 36.8. The van der Waals surface area contributed by atoms with Gasteiger partial charge in [-0.05, 0) is 105 Å². The highest BCUT2D eigenvalue weighted by Crippen LogP contribution is 2.39. The maximum Gasteiger partial charge on any atom is 0.387 e. The molecule has 3 fully saturated rings. The quantitative estimate of drug-likeness (QED) is 0.119. The molecule has 2 heterocycles. The Hall–Kier alpha value is -3.39. The highest BCUT2D eigenvalue weighted by atomic mass is 35.5. The van der Waals surface area contributed by atoms with E-state index in [1.54, 1.807) is 6.07 Å². The molecule has 0 bridgehead atoms. The van der Waals surface area contributed by atoms with E-state index in [4.69, 9.17) is 42.1 Å². The van der Waals surface area contributed by atoms with Crippen LogP contribution in [0.5, 0.6) is 17.2 Å². The Labute approximate surface area is 313 Å². The third-order valence-electron chi connectivity index (χ3n) is 9.42. The van der Waals surface area contributed by atoms with Crippen molar-refractivity contribution in [3.63, 3.8) is 0 Å². The SMILES string of the molecule is CS(=O)(=O)N(CCN1CCCCC1)c1cc(C(=O)O[C@@H](Cc2c(Cl)cncc2Cl)c2ccc(OC(F)F)c(OCC3CC3)c2)ccc1OCC1CC1. The van der Waals surface area contributed by atoms with Crippen molar-refractivity contribution in [2.24, 2.45) is 11.8 Å². The van der Waals surface area contributed by atoms with Crippen LogP contribution in [-0.4, -0.2) is 76.5 Å². The van der Waals surface area contributed by atoms with Crippen molar-refractivity contribution >= 4 is 44.9 Å². The van der Waals surface area contributed by atoms with Gasteiger partial charge >= 0.3 is 12.6 Å². The average Bonchev–Trinajstić information content (AvgIpc) is 4.04. The highest BCUT2D eigenvalue weighted by molar-refractivity contribution is 7.92. The van der Waals surface area contributed by atoms with Crippen molar-refractivity contribution in [1.82, 2.24) is 9.88 Å². The lowest BCUT2D eigenvalue weighted by Crippen LogP contribution is -2.40. The van der Waals surface area contributed by atoms with E-state index in [9.17, 15) is 22.0 Å². The lowest BCUT2D eigenvalue weighted by atomic mass is 10.0. The Morgan fingerprint density at radius 1 is 0.923 bits per heavy atom. The monoisotopic (exact) mass is 781 g/mol. The van der Waals surface area contributed by atoms with Gasteiger partial charge in [-0.15, -0.1) is 0 Å². The molecule has 6 rings (SSSR count). The number of alkyl halides is 2. The summed E-state index contributed by atoms with van der Waals surface area (Å²) in [7, 11) is -3.79. The van der Waals surface area contributed by atoms with Gasteiger partial charge in [0.15, 0.2) is 11.5 Å². The number of esters is 1. The summed E-state index contributed by atoms with van der Waals surface area (Å²) in [5, 5.41) is 0.488. The molecule has 3 aliphatic rings. The zero-order valence-corrected chi connectivity index (χ0v) is 31.3. The maximum atomic E-state index is 14.1. The van der Waals surface area contributed by atoms with Gasteiger partial charge in [0.05, 0.1) is 40.8 Å². The topological polar surface area (TPSA) is 108 Å². The van der Waals surface area contributed by atoms with E-state index in [0.29, 0.717) is 48.5 Å². The van der Waals surface area contributed by atoms with Crippen molar-refractivity contribution in [3.8, 4) is 17.2 Å². The van der Waals surface area contributed by atoms with Gasteiger partial charge in [0.2, 0.25) is 10.0 Å². The molecule has 15 heteroatoms. The number of pyridine rings is 1. The van der Waals surface area contributed by atoms with Crippen molar-refractivity contribution in [2.75, 3.05) is 50.0 Å². The van der Waals surface area contributed by atoms with Gasteiger partial charge < -0.3 is 23.8 Å². The summed E-state index contributed by atoms with van der Waals surface area (Å²) >= 11 is 13.0. The third-order valence-corrected chi connectivity index (χ3v) is 11.3. The molecule has 0 amide bonds. The second kappa shape index (κ2) is 17.2. The molecule has 0 radical (unpaired) electrons. The molecule has 3 aromatic rings. The first kappa shape index (κ1) is 38.3. The van der Waals surface area contributed by atoms with Gasteiger partial charge in [0, 0.05) is 31.9 Å². The Kier molecular flexibility index (Phi) is 12.7. The first-order chi connectivity index (χ1) is 24.9. The first-order valence-corrected chi connectivity index (χ1v) is 20.2. The Morgan fingerprint density at radius 3 is 2.17 bits per heavy atom. The smallest absolute Gasteiger partial charge is 0.387 e. The predicted octanol–water partition coefficient (Wildman–Crippen LogP) is 7.96. The first-order valence-electron chi connectivity index (χ1n) is 17.6. The summed E-state index contributed by atoms with van der Waals surface area (Å²) in [6.45, 7) is 0.170. The highest BCUT2D eigenvalue weighted by Gasteiger charge is 2.29. The number of sulfonamides is 1. The molecule has 1 atom stereocenters. The van der Waals surface area contributed by atoms with Gasteiger partial charge in [-0.2, -0.15) is 8.78 Å². The molecular weight excluding hydrogens is 739 g/mol. The van der Waals surface area contributed by atoms with E-state index >= 15 is 0 Å². The van der Waals surface area contributed by atoms with E-state index in [1.807, 2.05) is 0 Å². The number of hydrogen-bond acceptors (Lipinski definition) is 9. The Bertz CT molecular complexity index is 1800. The Balaban J connectivity index is 1.32. The van der Waals surface area contributed by atoms with Crippen LogP contribution < -0.4 is 18.5 Å². The van der Waals surface area contributed by atoms with Crippen molar-refractivity contribution in [1.29, 1.82) is 0 Å². The molecule has 2 aromatic carbocycles. The van der Waals surface area contributed by atoms with Crippen LogP contribution in [0.3, 0.4) is 0 Å². The average molecular weight is 783 g/mol. The molecule has 10 nitrogen and oxygen atoms in total. The maximum absolute atomic E-state index is 14.1.